The highest BCUT2D eigenvalue weighted by molar-refractivity contribution is 7.87. The van der Waals surface area contributed by atoms with E-state index in [1.54, 1.807) is 20.0 Å². The number of hydrogen-bond donors (Lipinski definition) is 1. The van der Waals surface area contributed by atoms with Gasteiger partial charge in [0.25, 0.3) is 26.1 Å². The van der Waals surface area contributed by atoms with Crippen molar-refractivity contribution in [3.05, 3.63) is 58.1 Å². The lowest BCUT2D eigenvalue weighted by Crippen LogP contribution is -2.35. The van der Waals surface area contributed by atoms with Gasteiger partial charge in [0.1, 0.15) is 35.3 Å². The van der Waals surface area contributed by atoms with Crippen LogP contribution >= 0.6 is 0 Å². The first-order valence-corrected chi connectivity index (χ1v) is 17.7. The van der Waals surface area contributed by atoms with E-state index in [1.807, 2.05) is 0 Å². The van der Waals surface area contributed by atoms with E-state index in [0.717, 1.165) is 18.2 Å². The summed E-state index contributed by atoms with van der Waals surface area (Å²) in [5, 5.41) is 10.7. The Kier molecular flexibility index (Phi) is 11.5. The molecule has 4 heterocycles. The molecule has 2 aromatic rings. The third kappa shape index (κ3) is 8.29. The second-order valence-corrected chi connectivity index (χ2v) is 15.3. The molecule has 4 aliphatic rings. The molecule has 0 radical (unpaired) electrons. The second kappa shape index (κ2) is 14.8. The van der Waals surface area contributed by atoms with Gasteiger partial charge in [-0.2, -0.15) is 34.1 Å². The average molecular weight is 721 g/mol. The molecule has 0 amide bonds. The number of halogens is 2. The standard InChI is InChI=1S/C12H14FN3O5S.C12H16FN3O3S.C4H8O2/c1-14-7-11-12(2-3-15(11)22(14,19)20)21-10-5-8(13)4-9(6-10)16(17)18;1-15-7-11-12(2-3-16(11)20(15,17)18)19-10-5-8(13)4-9(14)6-10;1-3-6-4(2)5/h4-6,11-12H,2-3,7H2,1H3;4-6,11-12H,2-3,7,14H2,1H3;3H2,1-2H3/t2*11-,12+;/m11./s1. The molecule has 4 aliphatic heterocycles. The minimum Gasteiger partial charge on any atom is -0.488 e. The molecule has 20 heteroatoms. The fourth-order valence-corrected chi connectivity index (χ4v) is 9.02. The minimum atomic E-state index is -3.45. The molecule has 48 heavy (non-hydrogen) atoms. The van der Waals surface area contributed by atoms with Crippen molar-refractivity contribution in [2.45, 2.75) is 51.0 Å². The fraction of sp³-hybridized carbons (Fsp3) is 0.536. The summed E-state index contributed by atoms with van der Waals surface area (Å²) >= 11 is 0. The smallest absolute Gasteiger partial charge is 0.302 e. The van der Waals surface area contributed by atoms with Crippen molar-refractivity contribution >= 4 is 37.8 Å². The molecular formula is C28H38F2N6O10S2. The molecule has 4 atom stereocenters. The maximum absolute atomic E-state index is 13.4. The van der Waals surface area contributed by atoms with E-state index < -0.39 is 48.8 Å². The van der Waals surface area contributed by atoms with Crippen molar-refractivity contribution in [3.63, 3.8) is 0 Å². The summed E-state index contributed by atoms with van der Waals surface area (Å²) in [4.78, 5) is 19.9. The van der Waals surface area contributed by atoms with E-state index in [4.69, 9.17) is 15.2 Å². The Labute approximate surface area is 277 Å². The molecule has 0 aliphatic carbocycles. The zero-order valence-corrected chi connectivity index (χ0v) is 28.3. The first-order chi connectivity index (χ1) is 22.4. The summed E-state index contributed by atoms with van der Waals surface area (Å²) in [6.07, 6.45) is 0.313. The summed E-state index contributed by atoms with van der Waals surface area (Å²) < 4.78 is 95.8. The first kappa shape index (κ1) is 37.1. The molecule has 0 unspecified atom stereocenters. The number of benzene rings is 2. The van der Waals surface area contributed by atoms with Crippen LogP contribution in [0.25, 0.3) is 0 Å². The number of nitro benzene ring substituents is 1. The number of fused-ring (bicyclic) bond motifs is 2. The van der Waals surface area contributed by atoms with Crippen molar-refractivity contribution in [3.8, 4) is 11.5 Å². The normalized spacial score (nSPS) is 26.0. The molecule has 0 saturated carbocycles. The number of non-ortho nitro benzene ring substituents is 1. The van der Waals surface area contributed by atoms with Crippen molar-refractivity contribution in [2.24, 2.45) is 0 Å². The SMILES string of the molecule is CCOC(C)=O.CN1C[C@@H]2[C@@H](Oc3cc(F)cc([N+](=O)[O-])c3)CCN2S1(=O)=O.CN1C[C@@H]2[C@@H](Oc3cc(N)cc(F)c3)CCN2S1(=O)=O. The van der Waals surface area contributed by atoms with Crippen LogP contribution in [0.5, 0.6) is 11.5 Å². The van der Waals surface area contributed by atoms with Gasteiger partial charge in [0, 0.05) is 71.1 Å². The monoisotopic (exact) mass is 720 g/mol. The van der Waals surface area contributed by atoms with E-state index in [9.17, 15) is 40.5 Å². The molecule has 4 fully saturated rings. The predicted molar refractivity (Wildman–Crippen MR) is 168 cm³/mol. The van der Waals surface area contributed by atoms with Crippen LogP contribution in [0.4, 0.5) is 20.2 Å². The maximum Gasteiger partial charge on any atom is 0.302 e. The van der Waals surface area contributed by atoms with Gasteiger partial charge in [-0.25, -0.2) is 8.78 Å². The van der Waals surface area contributed by atoms with E-state index in [0.29, 0.717) is 44.8 Å². The number of anilines is 1. The van der Waals surface area contributed by atoms with Crippen molar-refractivity contribution in [1.29, 1.82) is 0 Å². The summed E-state index contributed by atoms with van der Waals surface area (Å²) in [5.41, 5.74) is 5.45. The second-order valence-electron chi connectivity index (χ2n) is 11.4. The Balaban J connectivity index is 0.000000186. The molecule has 266 valence electrons. The summed E-state index contributed by atoms with van der Waals surface area (Å²) in [6.45, 7) is 5.06. The quantitative estimate of drug-likeness (QED) is 0.198. The number of esters is 1. The summed E-state index contributed by atoms with van der Waals surface area (Å²) in [5.74, 6) is -1.08. The Morgan fingerprint density at radius 3 is 1.73 bits per heavy atom. The maximum atomic E-state index is 13.4. The van der Waals surface area contributed by atoms with Crippen LogP contribution in [0, 0.1) is 21.7 Å². The molecule has 16 nitrogen and oxygen atoms in total. The lowest BCUT2D eigenvalue weighted by Gasteiger charge is -2.19. The van der Waals surface area contributed by atoms with Crippen LogP contribution in [0.3, 0.4) is 0 Å². The number of nitrogen functional groups attached to an aromatic ring is 1. The van der Waals surface area contributed by atoms with Gasteiger partial charge in [-0.15, -0.1) is 0 Å². The Bertz CT molecular complexity index is 1710. The Morgan fingerprint density at radius 1 is 0.875 bits per heavy atom. The number of nitrogens with zero attached hydrogens (tertiary/aromatic N) is 5. The van der Waals surface area contributed by atoms with Gasteiger partial charge >= 0.3 is 5.97 Å². The van der Waals surface area contributed by atoms with E-state index in [1.165, 1.54) is 43.3 Å². The van der Waals surface area contributed by atoms with E-state index in [2.05, 4.69) is 4.74 Å². The van der Waals surface area contributed by atoms with Gasteiger partial charge in [0.2, 0.25) is 0 Å². The molecule has 2 aromatic carbocycles. The zero-order chi connectivity index (χ0) is 35.6. The summed E-state index contributed by atoms with van der Waals surface area (Å²) in [6, 6.07) is 6.42. The van der Waals surface area contributed by atoms with Gasteiger partial charge in [-0.1, -0.05) is 0 Å². The van der Waals surface area contributed by atoms with Crippen LogP contribution in [0.1, 0.15) is 26.7 Å². The topological polar surface area (TPSA) is 195 Å². The minimum absolute atomic E-state index is 0.0329. The van der Waals surface area contributed by atoms with Gasteiger partial charge in [-0.05, 0) is 25.8 Å². The Hall–Kier alpha value is -3.69. The number of nitrogens with two attached hydrogens (primary N) is 1. The van der Waals surface area contributed by atoms with Crippen LogP contribution in [0.15, 0.2) is 36.4 Å². The van der Waals surface area contributed by atoms with Crippen LogP contribution in [-0.4, -0.2) is 116 Å². The molecule has 0 aromatic heterocycles. The van der Waals surface area contributed by atoms with Gasteiger partial charge in [-0.3, -0.25) is 14.9 Å². The zero-order valence-electron chi connectivity index (χ0n) is 26.7. The number of hydrogen-bond acceptors (Lipinski definition) is 11. The number of rotatable bonds is 6. The highest BCUT2D eigenvalue weighted by atomic mass is 32.2. The third-order valence-corrected chi connectivity index (χ3v) is 12.0. The number of carbonyl (C=O) groups is 1. The predicted octanol–water partition coefficient (Wildman–Crippen LogP) is 1.74. The van der Waals surface area contributed by atoms with Gasteiger partial charge in [0.05, 0.1) is 35.7 Å². The van der Waals surface area contributed by atoms with Crippen LogP contribution in [-0.2, 0) is 30.0 Å². The molecule has 2 N–H and O–H groups in total. The van der Waals surface area contributed by atoms with Crippen molar-refractivity contribution < 1.29 is 49.5 Å². The molecule has 6 rings (SSSR count). The van der Waals surface area contributed by atoms with Crippen molar-refractivity contribution in [2.75, 3.05) is 52.6 Å². The Morgan fingerprint density at radius 2 is 1.33 bits per heavy atom. The number of nitro groups is 1. The average Bonchev–Trinajstić information content (AvgIpc) is 3.67. The van der Waals surface area contributed by atoms with Gasteiger partial charge < -0.3 is 19.9 Å². The molecular weight excluding hydrogens is 682 g/mol. The van der Waals surface area contributed by atoms with E-state index >= 15 is 0 Å². The number of ether oxygens (including phenoxy) is 3. The number of carbonyl (C=O) groups excluding carboxylic acids is 1. The number of likely N-dealkylation sites (N-methyl/N-ethyl adjacent to an activating group) is 2. The summed E-state index contributed by atoms with van der Waals surface area (Å²) in [7, 11) is -3.78. The molecule has 0 bridgehead atoms. The highest BCUT2D eigenvalue weighted by Crippen LogP contribution is 2.35. The first-order valence-electron chi connectivity index (χ1n) is 14.9. The van der Waals surface area contributed by atoms with Crippen molar-refractivity contribution in [1.82, 2.24) is 17.2 Å². The lowest BCUT2D eigenvalue weighted by molar-refractivity contribution is -0.385. The van der Waals surface area contributed by atoms with Crippen LogP contribution in [0.2, 0.25) is 0 Å². The largest absolute Gasteiger partial charge is 0.488 e. The van der Waals surface area contributed by atoms with Crippen LogP contribution < -0.4 is 15.2 Å². The molecule has 0 spiro atoms. The third-order valence-electron chi connectivity index (χ3n) is 8.02. The lowest BCUT2D eigenvalue weighted by atomic mass is 10.1. The fourth-order valence-electron chi connectivity index (χ4n) is 5.86. The van der Waals surface area contributed by atoms with Gasteiger partial charge in [0.15, 0.2) is 0 Å². The molecule has 4 saturated heterocycles. The van der Waals surface area contributed by atoms with E-state index in [-0.39, 0.29) is 42.1 Å². The highest BCUT2D eigenvalue weighted by Gasteiger charge is 2.51.